The molecular formula is C12H24N2O4. The summed E-state index contributed by atoms with van der Waals surface area (Å²) < 4.78 is 5.15. The van der Waals surface area contributed by atoms with Crippen LogP contribution in [-0.4, -0.2) is 42.9 Å². The van der Waals surface area contributed by atoms with Crippen molar-refractivity contribution in [2.75, 3.05) is 14.2 Å². The van der Waals surface area contributed by atoms with Crippen LogP contribution in [0.15, 0.2) is 0 Å². The number of nitrogens with zero attached hydrogens (tertiary/aromatic N) is 1. The molecule has 106 valence electrons. The van der Waals surface area contributed by atoms with E-state index in [0.717, 1.165) is 5.06 Å². The van der Waals surface area contributed by atoms with Crippen LogP contribution >= 0.6 is 0 Å². The van der Waals surface area contributed by atoms with E-state index < -0.39 is 23.6 Å². The third kappa shape index (κ3) is 5.86. The zero-order valence-corrected chi connectivity index (χ0v) is 12.2. The van der Waals surface area contributed by atoms with Gasteiger partial charge in [0.1, 0.15) is 0 Å². The second-order valence-electron chi connectivity index (χ2n) is 5.46. The Morgan fingerprint density at radius 3 is 2.06 bits per heavy atom. The molecule has 0 aliphatic carbocycles. The van der Waals surface area contributed by atoms with Gasteiger partial charge in [0, 0.05) is 12.6 Å². The lowest BCUT2D eigenvalue weighted by molar-refractivity contribution is -0.180. The fraction of sp³-hybridized carbons (Fsp3) is 0.833. The van der Waals surface area contributed by atoms with Gasteiger partial charge < -0.3 is 10.1 Å². The second kappa shape index (κ2) is 6.58. The van der Waals surface area contributed by atoms with Crippen LogP contribution in [0.25, 0.3) is 0 Å². The van der Waals surface area contributed by atoms with E-state index in [1.54, 1.807) is 13.8 Å². The monoisotopic (exact) mass is 260 g/mol. The quantitative estimate of drug-likeness (QED) is 0.779. The zero-order chi connectivity index (χ0) is 14.5. The lowest BCUT2D eigenvalue weighted by Gasteiger charge is -2.27. The van der Waals surface area contributed by atoms with Crippen LogP contribution in [-0.2, 0) is 14.4 Å². The molecule has 0 heterocycles. The van der Waals surface area contributed by atoms with Crippen molar-refractivity contribution in [2.24, 2.45) is 5.92 Å². The van der Waals surface area contributed by atoms with Crippen molar-refractivity contribution in [3.05, 3.63) is 0 Å². The molecule has 2 amide bonds. The van der Waals surface area contributed by atoms with Crippen molar-refractivity contribution < 1.29 is 19.2 Å². The van der Waals surface area contributed by atoms with Crippen molar-refractivity contribution in [1.82, 2.24) is 10.4 Å². The summed E-state index contributed by atoms with van der Waals surface area (Å²) >= 11 is 0. The highest BCUT2D eigenvalue weighted by Gasteiger charge is 2.30. The van der Waals surface area contributed by atoms with Gasteiger partial charge in [-0.05, 0) is 26.7 Å². The van der Waals surface area contributed by atoms with Crippen LogP contribution < -0.4 is 5.32 Å². The maximum Gasteiger partial charge on any atom is 0.408 e. The highest BCUT2D eigenvalue weighted by Crippen LogP contribution is 2.11. The Bertz CT molecular complexity index is 297. The van der Waals surface area contributed by atoms with Gasteiger partial charge in [-0.15, -0.1) is 0 Å². The molecular weight excluding hydrogens is 236 g/mol. The number of likely N-dealkylation sites (N-methyl/N-ethyl adjacent to an activating group) is 1. The fourth-order valence-electron chi connectivity index (χ4n) is 1.19. The molecule has 0 aliphatic rings. The van der Waals surface area contributed by atoms with Gasteiger partial charge in [-0.1, -0.05) is 13.8 Å². The summed E-state index contributed by atoms with van der Waals surface area (Å²) in [6, 6.07) is 0. The summed E-state index contributed by atoms with van der Waals surface area (Å²) in [5.74, 6) is -0.530. The molecule has 0 rings (SSSR count). The summed E-state index contributed by atoms with van der Waals surface area (Å²) in [4.78, 5) is 28.4. The molecule has 0 unspecified atom stereocenters. The minimum Gasteiger partial charge on any atom is -0.436 e. The first-order valence-corrected chi connectivity index (χ1v) is 5.89. The van der Waals surface area contributed by atoms with E-state index in [4.69, 9.17) is 9.57 Å². The molecule has 0 aromatic heterocycles. The van der Waals surface area contributed by atoms with Gasteiger partial charge in [0.2, 0.25) is 0 Å². The maximum absolute atomic E-state index is 11.9. The summed E-state index contributed by atoms with van der Waals surface area (Å²) in [5, 5.41) is 3.69. The summed E-state index contributed by atoms with van der Waals surface area (Å²) in [6.45, 7) is 9.11. The van der Waals surface area contributed by atoms with Gasteiger partial charge in [-0.3, -0.25) is 9.63 Å². The van der Waals surface area contributed by atoms with Gasteiger partial charge in [0.05, 0.1) is 7.11 Å². The SMILES string of the molecule is CON(C)C(=O)[C@H](OC(=O)NC(C)(C)C)C(C)C. The number of hydrogen-bond acceptors (Lipinski definition) is 4. The number of amides is 2. The van der Waals surface area contributed by atoms with Crippen LogP contribution in [0.4, 0.5) is 4.79 Å². The van der Waals surface area contributed by atoms with E-state index in [-0.39, 0.29) is 5.92 Å². The normalized spacial score (nSPS) is 13.1. The number of rotatable bonds is 4. The smallest absolute Gasteiger partial charge is 0.408 e. The average Bonchev–Trinajstić information content (AvgIpc) is 2.20. The average molecular weight is 260 g/mol. The predicted octanol–water partition coefficient (Wildman–Crippen LogP) is 1.56. The molecule has 0 bridgehead atoms. The molecule has 0 spiro atoms. The van der Waals surface area contributed by atoms with Crippen molar-refractivity contribution >= 4 is 12.0 Å². The van der Waals surface area contributed by atoms with Crippen LogP contribution in [0.1, 0.15) is 34.6 Å². The number of ether oxygens (including phenoxy) is 1. The Balaban J connectivity index is 4.65. The summed E-state index contributed by atoms with van der Waals surface area (Å²) in [6.07, 6.45) is -1.48. The fourth-order valence-corrected chi connectivity index (χ4v) is 1.19. The molecule has 0 aliphatic heterocycles. The van der Waals surface area contributed by atoms with E-state index in [0.29, 0.717) is 0 Å². The van der Waals surface area contributed by atoms with E-state index in [9.17, 15) is 9.59 Å². The van der Waals surface area contributed by atoms with Crippen molar-refractivity contribution in [3.8, 4) is 0 Å². The van der Waals surface area contributed by atoms with E-state index in [2.05, 4.69) is 5.32 Å². The number of carbonyl (C=O) groups excluding carboxylic acids is 2. The Morgan fingerprint density at radius 2 is 1.72 bits per heavy atom. The van der Waals surface area contributed by atoms with Crippen LogP contribution in [0, 0.1) is 5.92 Å². The molecule has 0 aromatic carbocycles. The molecule has 1 N–H and O–H groups in total. The van der Waals surface area contributed by atoms with Gasteiger partial charge in [0.15, 0.2) is 6.10 Å². The molecule has 0 fully saturated rings. The third-order valence-electron chi connectivity index (χ3n) is 2.14. The molecule has 0 aromatic rings. The van der Waals surface area contributed by atoms with Crippen LogP contribution in [0.3, 0.4) is 0 Å². The largest absolute Gasteiger partial charge is 0.436 e. The lowest BCUT2D eigenvalue weighted by atomic mass is 10.1. The minimum atomic E-state index is -0.864. The summed E-state index contributed by atoms with van der Waals surface area (Å²) in [5.41, 5.74) is -0.408. The summed E-state index contributed by atoms with van der Waals surface area (Å²) in [7, 11) is 2.85. The lowest BCUT2D eigenvalue weighted by Crippen LogP contribution is -2.47. The molecule has 6 nitrogen and oxygen atoms in total. The number of hydrogen-bond donors (Lipinski definition) is 1. The molecule has 6 heteroatoms. The van der Waals surface area contributed by atoms with Crippen molar-refractivity contribution in [2.45, 2.75) is 46.3 Å². The van der Waals surface area contributed by atoms with Gasteiger partial charge in [-0.2, -0.15) is 0 Å². The van der Waals surface area contributed by atoms with Crippen LogP contribution in [0.5, 0.6) is 0 Å². The van der Waals surface area contributed by atoms with Gasteiger partial charge in [0.25, 0.3) is 5.91 Å². The van der Waals surface area contributed by atoms with E-state index in [1.165, 1.54) is 14.2 Å². The number of alkyl carbamates (subject to hydrolysis) is 1. The number of nitrogens with one attached hydrogen (secondary N) is 1. The van der Waals surface area contributed by atoms with Gasteiger partial charge >= 0.3 is 6.09 Å². The molecule has 18 heavy (non-hydrogen) atoms. The standard InChI is InChI=1S/C12H24N2O4/c1-8(2)9(10(15)14(6)17-7)18-11(16)13-12(3,4)5/h8-9H,1-7H3,(H,13,16)/t9-/m1/s1. The Kier molecular flexibility index (Phi) is 6.11. The van der Waals surface area contributed by atoms with Crippen molar-refractivity contribution in [1.29, 1.82) is 0 Å². The number of carbonyl (C=O) groups is 2. The maximum atomic E-state index is 11.9. The number of hydroxylamine groups is 2. The first kappa shape index (κ1) is 16.7. The first-order chi connectivity index (χ1) is 8.08. The highest BCUT2D eigenvalue weighted by molar-refractivity contribution is 5.82. The van der Waals surface area contributed by atoms with Crippen molar-refractivity contribution in [3.63, 3.8) is 0 Å². The second-order valence-corrected chi connectivity index (χ2v) is 5.46. The Labute approximate surface area is 109 Å². The Hall–Kier alpha value is -1.30. The third-order valence-corrected chi connectivity index (χ3v) is 2.14. The van der Waals surface area contributed by atoms with E-state index in [1.807, 2.05) is 20.8 Å². The molecule has 0 saturated heterocycles. The Morgan fingerprint density at radius 1 is 1.22 bits per heavy atom. The predicted molar refractivity (Wildman–Crippen MR) is 67.8 cm³/mol. The van der Waals surface area contributed by atoms with Crippen LogP contribution in [0.2, 0.25) is 0 Å². The minimum absolute atomic E-state index is 0.138. The molecule has 1 atom stereocenters. The first-order valence-electron chi connectivity index (χ1n) is 5.89. The van der Waals surface area contributed by atoms with E-state index >= 15 is 0 Å². The molecule has 0 radical (unpaired) electrons. The highest BCUT2D eigenvalue weighted by atomic mass is 16.7. The molecule has 0 saturated carbocycles. The van der Waals surface area contributed by atoms with Gasteiger partial charge in [-0.25, -0.2) is 9.86 Å². The zero-order valence-electron chi connectivity index (χ0n) is 12.2. The topological polar surface area (TPSA) is 67.9 Å².